The molecule has 0 saturated carbocycles. The Hall–Kier alpha value is -1.24. The van der Waals surface area contributed by atoms with E-state index in [1.54, 1.807) is 24.3 Å². The van der Waals surface area contributed by atoms with Gasteiger partial charge in [0.15, 0.2) is 0 Å². The third-order valence-corrected chi connectivity index (χ3v) is 1.97. The number of benzene rings is 1. The van der Waals surface area contributed by atoms with Gasteiger partial charge in [0.2, 0.25) is 5.84 Å². The second-order valence-electron chi connectivity index (χ2n) is 2.61. The molecular weight excluding hydrogens is 275 g/mol. The van der Waals surface area contributed by atoms with Gasteiger partial charge in [-0.3, -0.25) is 5.43 Å². The third-order valence-electron chi connectivity index (χ3n) is 1.44. The molecule has 0 aliphatic carbocycles. The summed E-state index contributed by atoms with van der Waals surface area (Å²) in [4.78, 5) is 0. The molecule has 0 aliphatic heterocycles. The number of nitrogens with one attached hydrogen (secondary N) is 1. The average molecular weight is 282 g/mol. The summed E-state index contributed by atoms with van der Waals surface area (Å²) in [6.07, 6.45) is -4.61. The second-order valence-corrected chi connectivity index (χ2v) is 3.53. The van der Waals surface area contributed by atoms with Crippen molar-refractivity contribution >= 4 is 27.5 Å². The fourth-order valence-corrected chi connectivity index (χ4v) is 0.977. The highest BCUT2D eigenvalue weighted by atomic mass is 79.9. The van der Waals surface area contributed by atoms with E-state index in [9.17, 15) is 13.2 Å². The first-order valence-electron chi connectivity index (χ1n) is 3.81. The van der Waals surface area contributed by atoms with E-state index < -0.39 is 12.0 Å². The van der Waals surface area contributed by atoms with Gasteiger partial charge in [-0.1, -0.05) is 15.9 Å². The monoisotopic (exact) mass is 281 g/mol. The summed E-state index contributed by atoms with van der Waals surface area (Å²) >= 11 is 3.19. The van der Waals surface area contributed by atoms with Crippen molar-refractivity contribution in [2.45, 2.75) is 6.18 Å². The van der Waals surface area contributed by atoms with E-state index in [1.807, 2.05) is 0 Å². The number of amidine groups is 1. The van der Waals surface area contributed by atoms with Crippen LogP contribution in [0.1, 0.15) is 0 Å². The maximum Gasteiger partial charge on any atom is 0.450 e. The molecule has 3 N–H and O–H groups in total. The SMILES string of the molecule is N/C(=N\Nc1ccc(Br)cc1)C(F)(F)F. The van der Waals surface area contributed by atoms with Crippen molar-refractivity contribution in [2.24, 2.45) is 10.8 Å². The van der Waals surface area contributed by atoms with Crippen molar-refractivity contribution in [3.05, 3.63) is 28.7 Å². The molecule has 0 radical (unpaired) electrons. The summed E-state index contributed by atoms with van der Waals surface area (Å²) in [5.74, 6) is -1.41. The fraction of sp³-hybridized carbons (Fsp3) is 0.125. The minimum Gasteiger partial charge on any atom is -0.378 e. The number of hydrogen-bond donors (Lipinski definition) is 2. The Balaban J connectivity index is 2.68. The molecule has 0 spiro atoms. The van der Waals surface area contributed by atoms with Gasteiger partial charge in [-0.2, -0.15) is 18.3 Å². The van der Waals surface area contributed by atoms with Gasteiger partial charge >= 0.3 is 6.18 Å². The van der Waals surface area contributed by atoms with Gasteiger partial charge in [-0.25, -0.2) is 0 Å². The number of rotatable bonds is 2. The number of nitrogens with zero attached hydrogens (tertiary/aromatic N) is 1. The summed E-state index contributed by atoms with van der Waals surface area (Å²) in [7, 11) is 0. The van der Waals surface area contributed by atoms with Gasteiger partial charge in [0.05, 0.1) is 5.69 Å². The zero-order valence-corrected chi connectivity index (χ0v) is 8.93. The van der Waals surface area contributed by atoms with Crippen LogP contribution in [0.3, 0.4) is 0 Å². The van der Waals surface area contributed by atoms with Crippen LogP contribution in [0.5, 0.6) is 0 Å². The van der Waals surface area contributed by atoms with Crippen LogP contribution in [0, 0.1) is 0 Å². The Morgan fingerprint density at radius 3 is 2.27 bits per heavy atom. The molecule has 0 unspecified atom stereocenters. The van der Waals surface area contributed by atoms with E-state index in [-0.39, 0.29) is 0 Å². The molecular formula is C8H7BrF3N3. The van der Waals surface area contributed by atoms with Gasteiger partial charge in [0.1, 0.15) is 0 Å². The maximum atomic E-state index is 11.9. The van der Waals surface area contributed by atoms with Crippen LogP contribution < -0.4 is 11.2 Å². The van der Waals surface area contributed by atoms with Crippen molar-refractivity contribution in [1.82, 2.24) is 0 Å². The molecule has 0 atom stereocenters. The lowest BCUT2D eigenvalue weighted by Crippen LogP contribution is -2.32. The smallest absolute Gasteiger partial charge is 0.378 e. The molecule has 0 fully saturated rings. The Bertz CT molecular complexity index is 358. The number of hydrogen-bond acceptors (Lipinski definition) is 2. The molecule has 7 heteroatoms. The van der Waals surface area contributed by atoms with E-state index >= 15 is 0 Å². The summed E-state index contributed by atoms with van der Waals surface area (Å²) in [5.41, 5.74) is 7.30. The molecule has 3 nitrogen and oxygen atoms in total. The van der Waals surface area contributed by atoms with Gasteiger partial charge in [0.25, 0.3) is 0 Å². The minimum atomic E-state index is -4.61. The Kier molecular flexibility index (Phi) is 3.57. The molecule has 1 rings (SSSR count). The Morgan fingerprint density at radius 1 is 1.27 bits per heavy atom. The molecule has 0 saturated heterocycles. The first kappa shape index (κ1) is 11.8. The number of alkyl halides is 3. The van der Waals surface area contributed by atoms with E-state index in [4.69, 9.17) is 0 Å². The molecule has 1 aromatic rings. The van der Waals surface area contributed by atoms with Crippen molar-refractivity contribution in [3.8, 4) is 0 Å². The number of halogens is 4. The summed E-state index contributed by atoms with van der Waals surface area (Å²) in [6, 6.07) is 6.47. The quantitative estimate of drug-likeness (QED) is 0.498. The van der Waals surface area contributed by atoms with E-state index in [0.717, 1.165) is 4.47 Å². The zero-order valence-electron chi connectivity index (χ0n) is 7.35. The predicted molar refractivity (Wildman–Crippen MR) is 55.4 cm³/mol. The van der Waals surface area contributed by atoms with Crippen molar-refractivity contribution in [2.75, 3.05) is 5.43 Å². The van der Waals surface area contributed by atoms with E-state index in [2.05, 4.69) is 32.2 Å². The van der Waals surface area contributed by atoms with E-state index in [1.165, 1.54) is 0 Å². The second kappa shape index (κ2) is 4.52. The molecule has 0 heterocycles. The Morgan fingerprint density at radius 2 is 1.80 bits per heavy atom. The van der Waals surface area contributed by atoms with Crippen LogP contribution in [0.4, 0.5) is 18.9 Å². The summed E-state index contributed by atoms with van der Waals surface area (Å²) in [5, 5.41) is 3.00. The molecule has 82 valence electrons. The number of hydrazone groups is 1. The standard InChI is InChI=1S/C8H7BrF3N3/c9-5-1-3-6(4-2-5)14-15-7(13)8(10,11)12/h1-4,14H,(H2,13,15). The van der Waals surface area contributed by atoms with Crippen LogP contribution in [-0.2, 0) is 0 Å². The first-order chi connectivity index (χ1) is 6.89. The van der Waals surface area contributed by atoms with Crippen LogP contribution in [0.15, 0.2) is 33.8 Å². The maximum absolute atomic E-state index is 11.9. The lowest BCUT2D eigenvalue weighted by molar-refractivity contribution is -0.0599. The van der Waals surface area contributed by atoms with E-state index in [0.29, 0.717) is 5.69 Å². The largest absolute Gasteiger partial charge is 0.450 e. The highest BCUT2D eigenvalue weighted by molar-refractivity contribution is 9.10. The summed E-state index contributed by atoms with van der Waals surface area (Å²) in [6.45, 7) is 0. The molecule has 0 bridgehead atoms. The average Bonchev–Trinajstić information content (AvgIpc) is 2.15. The minimum absolute atomic E-state index is 0.422. The van der Waals surface area contributed by atoms with Crippen molar-refractivity contribution in [1.29, 1.82) is 0 Å². The lowest BCUT2D eigenvalue weighted by Gasteiger charge is -2.05. The van der Waals surface area contributed by atoms with Crippen LogP contribution in [0.2, 0.25) is 0 Å². The highest BCUT2D eigenvalue weighted by Crippen LogP contribution is 2.16. The summed E-state index contributed by atoms with van der Waals surface area (Å²) < 4.78 is 36.6. The molecule has 0 aliphatic rings. The van der Waals surface area contributed by atoms with Gasteiger partial charge in [-0.05, 0) is 24.3 Å². The first-order valence-corrected chi connectivity index (χ1v) is 4.61. The van der Waals surface area contributed by atoms with Crippen LogP contribution in [-0.4, -0.2) is 12.0 Å². The zero-order chi connectivity index (χ0) is 11.5. The topological polar surface area (TPSA) is 50.4 Å². The lowest BCUT2D eigenvalue weighted by atomic mass is 10.3. The van der Waals surface area contributed by atoms with Gasteiger partial charge in [-0.15, -0.1) is 0 Å². The molecule has 1 aromatic carbocycles. The van der Waals surface area contributed by atoms with Crippen LogP contribution in [0.25, 0.3) is 0 Å². The Labute approximate surface area is 92.3 Å². The van der Waals surface area contributed by atoms with Gasteiger partial charge < -0.3 is 5.73 Å². The highest BCUT2D eigenvalue weighted by Gasteiger charge is 2.33. The van der Waals surface area contributed by atoms with Gasteiger partial charge in [0, 0.05) is 4.47 Å². The third kappa shape index (κ3) is 3.78. The fourth-order valence-electron chi connectivity index (χ4n) is 0.713. The molecule has 0 amide bonds. The van der Waals surface area contributed by atoms with Crippen molar-refractivity contribution < 1.29 is 13.2 Å². The van der Waals surface area contributed by atoms with Crippen molar-refractivity contribution in [3.63, 3.8) is 0 Å². The van der Waals surface area contributed by atoms with Crippen LogP contribution >= 0.6 is 15.9 Å². The normalized spacial score (nSPS) is 12.7. The molecule has 15 heavy (non-hydrogen) atoms. The predicted octanol–water partition coefficient (Wildman–Crippen LogP) is 2.70. The molecule has 0 aromatic heterocycles. The number of anilines is 1. The number of nitrogens with two attached hydrogens (primary N) is 1.